The molecule has 1 atom stereocenters. The summed E-state index contributed by atoms with van der Waals surface area (Å²) in [5.41, 5.74) is -0.861. The van der Waals surface area contributed by atoms with Crippen LogP contribution in [0.1, 0.15) is 6.92 Å². The number of carboxylic acids is 1. The minimum absolute atomic E-state index is 0.252. The van der Waals surface area contributed by atoms with Crippen LogP contribution in [-0.4, -0.2) is 30.0 Å². The summed E-state index contributed by atoms with van der Waals surface area (Å²) in [6, 6.07) is 0. The highest BCUT2D eigenvalue weighted by atomic mass is 16.5. The van der Waals surface area contributed by atoms with Crippen LogP contribution in [0.2, 0.25) is 0 Å². The number of carboxylic acid groups (broad SMARTS) is 1. The predicted octanol–water partition coefficient (Wildman–Crippen LogP) is -0.593. The Balaban J connectivity index is 2.61. The van der Waals surface area contributed by atoms with Gasteiger partial charge >= 0.3 is 5.97 Å². The Labute approximate surface area is 52.8 Å². The van der Waals surface area contributed by atoms with Crippen LogP contribution in [0.5, 0.6) is 0 Å². The van der Waals surface area contributed by atoms with Crippen LogP contribution in [0.4, 0.5) is 0 Å². The largest absolute Gasteiger partial charge is 0.480 e. The molecule has 0 aromatic rings. The van der Waals surface area contributed by atoms with Crippen LogP contribution in [0.3, 0.4) is 0 Å². The molecule has 1 heterocycles. The molecule has 0 bridgehead atoms. The molecule has 0 aromatic carbocycles. The Kier molecular flexibility index (Phi) is 1.42. The van der Waals surface area contributed by atoms with E-state index >= 15 is 0 Å². The van der Waals surface area contributed by atoms with E-state index in [2.05, 4.69) is 5.32 Å². The normalized spacial score (nSPS) is 34.8. The lowest BCUT2D eigenvalue weighted by molar-refractivity contribution is -0.143. The van der Waals surface area contributed by atoms with Crippen LogP contribution in [0.15, 0.2) is 0 Å². The zero-order valence-corrected chi connectivity index (χ0v) is 5.18. The van der Waals surface area contributed by atoms with Gasteiger partial charge in [0.1, 0.15) is 5.54 Å². The Bertz CT molecular complexity index is 128. The summed E-state index contributed by atoms with van der Waals surface area (Å²) < 4.78 is 4.83. The summed E-state index contributed by atoms with van der Waals surface area (Å²) in [5.74, 6) is -0.861. The van der Waals surface area contributed by atoms with Gasteiger partial charge in [0, 0.05) is 0 Å². The molecule has 1 aliphatic heterocycles. The Morgan fingerprint density at radius 2 is 2.56 bits per heavy atom. The average molecular weight is 131 g/mol. The first-order valence-corrected chi connectivity index (χ1v) is 2.71. The zero-order chi connectivity index (χ0) is 6.91. The third-order valence-electron chi connectivity index (χ3n) is 1.43. The summed E-state index contributed by atoms with van der Waals surface area (Å²) >= 11 is 0. The molecule has 1 aliphatic rings. The Morgan fingerprint density at radius 1 is 1.89 bits per heavy atom. The summed E-state index contributed by atoms with van der Waals surface area (Å²) in [6.07, 6.45) is 0. The molecule has 0 unspecified atom stereocenters. The zero-order valence-electron chi connectivity index (χ0n) is 5.18. The fourth-order valence-corrected chi connectivity index (χ4v) is 0.654. The third-order valence-corrected chi connectivity index (χ3v) is 1.43. The van der Waals surface area contributed by atoms with Gasteiger partial charge in [0.2, 0.25) is 0 Å². The molecule has 0 aliphatic carbocycles. The predicted molar refractivity (Wildman–Crippen MR) is 30.0 cm³/mol. The van der Waals surface area contributed by atoms with Crippen molar-refractivity contribution in [3.63, 3.8) is 0 Å². The van der Waals surface area contributed by atoms with Gasteiger partial charge < -0.3 is 9.84 Å². The first-order valence-electron chi connectivity index (χ1n) is 2.71. The number of rotatable bonds is 1. The fourth-order valence-electron chi connectivity index (χ4n) is 0.654. The summed E-state index contributed by atoms with van der Waals surface area (Å²) in [5, 5.41) is 11.2. The van der Waals surface area contributed by atoms with Gasteiger partial charge in [-0.1, -0.05) is 0 Å². The summed E-state index contributed by atoms with van der Waals surface area (Å²) in [4.78, 5) is 10.4. The molecule has 4 nitrogen and oxygen atoms in total. The van der Waals surface area contributed by atoms with E-state index in [9.17, 15) is 4.79 Å². The van der Waals surface area contributed by atoms with Crippen molar-refractivity contribution in [1.29, 1.82) is 0 Å². The minimum atomic E-state index is -0.861. The van der Waals surface area contributed by atoms with Gasteiger partial charge in [-0.25, -0.2) is 0 Å². The molecule has 0 radical (unpaired) electrons. The number of carbonyl (C=O) groups is 1. The van der Waals surface area contributed by atoms with Crippen molar-refractivity contribution >= 4 is 5.97 Å². The fraction of sp³-hybridized carbons (Fsp3) is 0.800. The topological polar surface area (TPSA) is 58.6 Å². The maximum absolute atomic E-state index is 10.4. The second-order valence-electron chi connectivity index (χ2n) is 2.31. The number of hydrogen-bond acceptors (Lipinski definition) is 3. The van der Waals surface area contributed by atoms with Crippen LogP contribution in [0.25, 0.3) is 0 Å². The van der Waals surface area contributed by atoms with Crippen molar-refractivity contribution in [2.45, 2.75) is 12.5 Å². The molecule has 0 aromatic heterocycles. The van der Waals surface area contributed by atoms with E-state index in [1.165, 1.54) is 0 Å². The van der Waals surface area contributed by atoms with Crippen molar-refractivity contribution < 1.29 is 14.6 Å². The van der Waals surface area contributed by atoms with Crippen LogP contribution >= 0.6 is 0 Å². The maximum Gasteiger partial charge on any atom is 0.326 e. The van der Waals surface area contributed by atoms with Gasteiger partial charge in [0.15, 0.2) is 0 Å². The molecule has 1 saturated heterocycles. The van der Waals surface area contributed by atoms with Gasteiger partial charge in [-0.2, -0.15) is 0 Å². The van der Waals surface area contributed by atoms with Crippen LogP contribution in [0, 0.1) is 0 Å². The van der Waals surface area contributed by atoms with Crippen molar-refractivity contribution in [3.05, 3.63) is 0 Å². The number of ether oxygens (including phenoxy) is 1. The molecular formula is C5H9NO3. The molecule has 1 rings (SSSR count). The van der Waals surface area contributed by atoms with Crippen molar-refractivity contribution in [2.24, 2.45) is 0 Å². The first kappa shape index (κ1) is 6.51. The maximum atomic E-state index is 10.4. The lowest BCUT2D eigenvalue weighted by Crippen LogP contribution is -2.46. The molecule has 0 amide bonds. The second-order valence-corrected chi connectivity index (χ2v) is 2.31. The van der Waals surface area contributed by atoms with Gasteiger partial charge in [0.05, 0.1) is 13.3 Å². The molecule has 4 heteroatoms. The summed E-state index contributed by atoms with van der Waals surface area (Å²) in [7, 11) is 0. The quantitative estimate of drug-likeness (QED) is 0.499. The minimum Gasteiger partial charge on any atom is -0.480 e. The molecular weight excluding hydrogens is 122 g/mol. The van der Waals surface area contributed by atoms with Crippen molar-refractivity contribution in [3.8, 4) is 0 Å². The SMILES string of the molecule is C[C@@]1(C(=O)O)COCN1. The van der Waals surface area contributed by atoms with E-state index in [0.717, 1.165) is 0 Å². The monoisotopic (exact) mass is 131 g/mol. The van der Waals surface area contributed by atoms with Crippen molar-refractivity contribution in [2.75, 3.05) is 13.3 Å². The molecule has 0 spiro atoms. The molecule has 1 fully saturated rings. The molecule has 0 saturated carbocycles. The van der Waals surface area contributed by atoms with E-state index in [1.807, 2.05) is 0 Å². The highest BCUT2D eigenvalue weighted by Crippen LogP contribution is 2.09. The second kappa shape index (κ2) is 1.97. The highest BCUT2D eigenvalue weighted by molar-refractivity contribution is 5.78. The Hall–Kier alpha value is -0.610. The molecule has 52 valence electrons. The van der Waals surface area contributed by atoms with Gasteiger partial charge in [-0.3, -0.25) is 10.1 Å². The van der Waals surface area contributed by atoms with Crippen LogP contribution in [-0.2, 0) is 9.53 Å². The standard InChI is InChI=1S/C5H9NO3/c1-5(4(7)8)2-9-3-6-5/h6H,2-3H2,1H3,(H,7,8)/t5-/m0/s1. The number of aliphatic carboxylic acids is 1. The first-order chi connectivity index (χ1) is 4.15. The van der Waals surface area contributed by atoms with Crippen LogP contribution < -0.4 is 5.32 Å². The van der Waals surface area contributed by atoms with E-state index in [4.69, 9.17) is 9.84 Å². The van der Waals surface area contributed by atoms with E-state index in [1.54, 1.807) is 6.92 Å². The highest BCUT2D eigenvalue weighted by Gasteiger charge is 2.36. The van der Waals surface area contributed by atoms with Gasteiger partial charge in [-0.15, -0.1) is 0 Å². The van der Waals surface area contributed by atoms with E-state index < -0.39 is 11.5 Å². The average Bonchev–Trinajstić information content (AvgIpc) is 2.16. The Morgan fingerprint density at radius 3 is 2.78 bits per heavy atom. The summed E-state index contributed by atoms with van der Waals surface area (Å²) in [6.45, 7) is 2.19. The van der Waals surface area contributed by atoms with Crippen molar-refractivity contribution in [1.82, 2.24) is 5.32 Å². The number of nitrogens with one attached hydrogen (secondary N) is 1. The molecule has 2 N–H and O–H groups in total. The number of hydrogen-bond donors (Lipinski definition) is 2. The van der Waals surface area contributed by atoms with Gasteiger partial charge in [-0.05, 0) is 6.92 Å². The molecule has 9 heavy (non-hydrogen) atoms. The van der Waals surface area contributed by atoms with Gasteiger partial charge in [0.25, 0.3) is 0 Å². The lowest BCUT2D eigenvalue weighted by Gasteiger charge is -2.14. The lowest BCUT2D eigenvalue weighted by atomic mass is 10.1. The van der Waals surface area contributed by atoms with E-state index in [-0.39, 0.29) is 6.61 Å². The third kappa shape index (κ3) is 1.04. The van der Waals surface area contributed by atoms with E-state index in [0.29, 0.717) is 6.73 Å². The smallest absolute Gasteiger partial charge is 0.326 e.